The largest absolute Gasteiger partial charge is 0.491 e. The minimum absolute atomic E-state index is 0.132. The number of ether oxygens (including phenoxy) is 1. The lowest BCUT2D eigenvalue weighted by molar-refractivity contribution is 0.0920. The Morgan fingerprint density at radius 3 is 2.78 bits per heavy atom. The van der Waals surface area contributed by atoms with Gasteiger partial charge in [-0.05, 0) is 48.6 Å². The maximum atomic E-state index is 11.3. The molecule has 0 aliphatic carbocycles. The molecule has 1 atom stereocenters. The molecular formula is C20H21N3O3S. The summed E-state index contributed by atoms with van der Waals surface area (Å²) in [6.07, 6.45) is -0.711. The number of pyridine rings is 1. The molecule has 3 rings (SSSR count). The number of aromatic amines is 1. The van der Waals surface area contributed by atoms with Crippen molar-refractivity contribution < 1.29 is 9.84 Å². The van der Waals surface area contributed by atoms with Gasteiger partial charge in [-0.15, -0.1) is 0 Å². The number of fused-ring (bicyclic) bond motifs is 1. The molecule has 0 radical (unpaired) electrons. The van der Waals surface area contributed by atoms with Crippen molar-refractivity contribution in [3.05, 3.63) is 71.0 Å². The van der Waals surface area contributed by atoms with Gasteiger partial charge in [0.1, 0.15) is 18.5 Å². The second-order valence-electron chi connectivity index (χ2n) is 6.21. The maximum Gasteiger partial charge on any atom is 0.248 e. The molecule has 0 fully saturated rings. The molecule has 2 aromatic carbocycles. The number of anilines is 1. The monoisotopic (exact) mass is 383 g/mol. The van der Waals surface area contributed by atoms with Gasteiger partial charge in [0.25, 0.3) is 0 Å². The summed E-state index contributed by atoms with van der Waals surface area (Å²) in [5.41, 5.74) is 1.50. The number of para-hydroxylation sites is 1. The third-order valence-corrected chi connectivity index (χ3v) is 4.41. The fraction of sp³-hybridized carbons (Fsp3) is 0.200. The van der Waals surface area contributed by atoms with Crippen molar-refractivity contribution >= 4 is 33.9 Å². The van der Waals surface area contributed by atoms with Gasteiger partial charge in [-0.25, -0.2) is 0 Å². The molecular weight excluding hydrogens is 362 g/mol. The molecule has 0 aliphatic rings. The Morgan fingerprint density at radius 2 is 2.00 bits per heavy atom. The number of hydrogen-bond acceptors (Lipinski definition) is 4. The zero-order valence-corrected chi connectivity index (χ0v) is 15.7. The number of hydrogen-bond donors (Lipinski definition) is 3. The van der Waals surface area contributed by atoms with Crippen molar-refractivity contribution in [2.45, 2.75) is 6.10 Å². The van der Waals surface area contributed by atoms with Crippen LogP contribution in [-0.2, 0) is 0 Å². The van der Waals surface area contributed by atoms with Gasteiger partial charge >= 0.3 is 0 Å². The molecule has 6 nitrogen and oxygen atoms in total. The van der Waals surface area contributed by atoms with E-state index in [9.17, 15) is 9.90 Å². The first kappa shape index (κ1) is 18.9. The van der Waals surface area contributed by atoms with Crippen molar-refractivity contribution in [3.8, 4) is 5.75 Å². The van der Waals surface area contributed by atoms with Gasteiger partial charge in [0, 0.05) is 36.2 Å². The number of rotatable bonds is 6. The zero-order valence-electron chi connectivity index (χ0n) is 14.9. The summed E-state index contributed by atoms with van der Waals surface area (Å²) >= 11 is 5.35. The summed E-state index contributed by atoms with van der Waals surface area (Å²) in [6, 6.07) is 18.2. The molecule has 0 saturated carbocycles. The highest BCUT2D eigenvalue weighted by atomic mass is 32.1. The lowest BCUT2D eigenvalue weighted by Crippen LogP contribution is -2.39. The predicted octanol–water partition coefficient (Wildman–Crippen LogP) is 2.60. The van der Waals surface area contributed by atoms with E-state index in [0.29, 0.717) is 17.4 Å². The standard InChI is InChI=1S/C20H21N3O3S/c1-23(20(27)21-15-5-3-2-4-6-15)12-16(24)13-26-17-8-9-18-14(11-17)7-10-19(25)22-18/h2-11,16,24H,12-13H2,1H3,(H,21,27)(H,22,25). The number of thiocarbonyl (C=S) groups is 1. The average molecular weight is 383 g/mol. The first-order valence-electron chi connectivity index (χ1n) is 8.52. The van der Waals surface area contributed by atoms with Crippen LogP contribution in [0.3, 0.4) is 0 Å². The van der Waals surface area contributed by atoms with Crippen LogP contribution in [0.4, 0.5) is 5.69 Å². The van der Waals surface area contributed by atoms with Crippen molar-refractivity contribution in [3.63, 3.8) is 0 Å². The smallest absolute Gasteiger partial charge is 0.248 e. The van der Waals surface area contributed by atoms with Crippen LogP contribution in [0.15, 0.2) is 65.5 Å². The van der Waals surface area contributed by atoms with Crippen LogP contribution in [0.5, 0.6) is 5.75 Å². The molecule has 1 heterocycles. The van der Waals surface area contributed by atoms with Crippen molar-refractivity contribution in [2.24, 2.45) is 0 Å². The Kier molecular flexibility index (Phi) is 6.05. The molecule has 0 amide bonds. The predicted molar refractivity (Wildman–Crippen MR) is 111 cm³/mol. The van der Waals surface area contributed by atoms with Gasteiger partial charge < -0.3 is 25.0 Å². The van der Waals surface area contributed by atoms with Crippen molar-refractivity contribution in [2.75, 3.05) is 25.5 Å². The van der Waals surface area contributed by atoms with E-state index < -0.39 is 6.10 Å². The molecule has 7 heteroatoms. The molecule has 0 saturated heterocycles. The number of nitrogens with zero attached hydrogens (tertiary/aromatic N) is 1. The first-order valence-corrected chi connectivity index (χ1v) is 8.93. The highest BCUT2D eigenvalue weighted by Gasteiger charge is 2.12. The van der Waals surface area contributed by atoms with Crippen molar-refractivity contribution in [1.29, 1.82) is 0 Å². The number of aliphatic hydroxyl groups is 1. The highest BCUT2D eigenvalue weighted by molar-refractivity contribution is 7.80. The highest BCUT2D eigenvalue weighted by Crippen LogP contribution is 2.18. The van der Waals surface area contributed by atoms with Gasteiger partial charge in [0.2, 0.25) is 5.56 Å². The normalized spacial score (nSPS) is 11.8. The second-order valence-corrected chi connectivity index (χ2v) is 6.60. The van der Waals surface area contributed by atoms with Crippen LogP contribution in [0.25, 0.3) is 10.9 Å². The summed E-state index contributed by atoms with van der Waals surface area (Å²) in [7, 11) is 1.81. The van der Waals surface area contributed by atoms with Gasteiger partial charge in [-0.2, -0.15) is 0 Å². The molecule has 0 bridgehead atoms. The number of H-pyrrole nitrogens is 1. The Labute approximate surface area is 162 Å². The van der Waals surface area contributed by atoms with E-state index in [1.165, 1.54) is 6.07 Å². The molecule has 140 valence electrons. The van der Waals surface area contributed by atoms with Crippen LogP contribution in [0.2, 0.25) is 0 Å². The molecule has 0 spiro atoms. The Morgan fingerprint density at radius 1 is 1.22 bits per heavy atom. The van der Waals surface area contributed by atoms with E-state index in [1.807, 2.05) is 43.4 Å². The average Bonchev–Trinajstić information content (AvgIpc) is 2.67. The zero-order chi connectivity index (χ0) is 19.2. The summed E-state index contributed by atoms with van der Waals surface area (Å²) in [5, 5.41) is 14.8. The lowest BCUT2D eigenvalue weighted by Gasteiger charge is -2.24. The molecule has 1 unspecified atom stereocenters. The van der Waals surface area contributed by atoms with Gasteiger partial charge in [0.15, 0.2) is 5.11 Å². The van der Waals surface area contributed by atoms with Crippen molar-refractivity contribution in [1.82, 2.24) is 9.88 Å². The summed E-state index contributed by atoms with van der Waals surface area (Å²) in [4.78, 5) is 15.8. The number of likely N-dealkylation sites (N-methyl/N-ethyl adjacent to an activating group) is 1. The number of nitrogens with one attached hydrogen (secondary N) is 2. The summed E-state index contributed by atoms with van der Waals surface area (Å²) in [6.45, 7) is 0.465. The second kappa shape index (κ2) is 8.66. The first-order chi connectivity index (χ1) is 13.0. The van der Waals surface area contributed by atoms with E-state index in [0.717, 1.165) is 16.6 Å². The van der Waals surface area contributed by atoms with Gasteiger partial charge in [-0.3, -0.25) is 4.79 Å². The number of aromatic nitrogens is 1. The fourth-order valence-electron chi connectivity index (χ4n) is 2.61. The maximum absolute atomic E-state index is 11.3. The minimum atomic E-state index is -0.711. The molecule has 3 N–H and O–H groups in total. The number of benzene rings is 2. The topological polar surface area (TPSA) is 77.6 Å². The summed E-state index contributed by atoms with van der Waals surface area (Å²) in [5.74, 6) is 0.626. The van der Waals surface area contributed by atoms with Crippen LogP contribution >= 0.6 is 12.2 Å². The Balaban J connectivity index is 1.51. The van der Waals surface area contributed by atoms with E-state index in [-0.39, 0.29) is 12.2 Å². The number of aliphatic hydroxyl groups excluding tert-OH is 1. The molecule has 1 aromatic heterocycles. The minimum Gasteiger partial charge on any atom is -0.491 e. The van der Waals surface area contributed by atoms with Crippen LogP contribution in [0.1, 0.15) is 0 Å². The summed E-state index contributed by atoms with van der Waals surface area (Å²) < 4.78 is 5.67. The molecule has 3 aromatic rings. The van der Waals surface area contributed by atoms with E-state index >= 15 is 0 Å². The lowest BCUT2D eigenvalue weighted by atomic mass is 10.2. The molecule has 27 heavy (non-hydrogen) atoms. The third kappa shape index (κ3) is 5.29. The third-order valence-electron chi connectivity index (χ3n) is 3.99. The van der Waals surface area contributed by atoms with Crippen LogP contribution < -0.4 is 15.6 Å². The molecule has 0 aliphatic heterocycles. The fourth-order valence-corrected chi connectivity index (χ4v) is 2.80. The van der Waals surface area contributed by atoms with Gasteiger partial charge in [0.05, 0.1) is 0 Å². The van der Waals surface area contributed by atoms with E-state index in [4.69, 9.17) is 17.0 Å². The van der Waals surface area contributed by atoms with Crippen LogP contribution in [-0.4, -0.2) is 46.4 Å². The Bertz CT molecular complexity index is 975. The van der Waals surface area contributed by atoms with Crippen LogP contribution in [0, 0.1) is 0 Å². The van der Waals surface area contributed by atoms with E-state index in [2.05, 4.69) is 10.3 Å². The Hall–Kier alpha value is -2.90. The quantitative estimate of drug-likeness (QED) is 0.568. The van der Waals surface area contributed by atoms with Gasteiger partial charge in [-0.1, -0.05) is 18.2 Å². The van der Waals surface area contributed by atoms with E-state index in [1.54, 1.807) is 23.1 Å². The SMILES string of the molecule is CN(CC(O)COc1ccc2[nH]c(=O)ccc2c1)C(=S)Nc1ccccc1.